The van der Waals surface area contributed by atoms with Gasteiger partial charge in [-0.15, -0.1) is 12.4 Å². The number of aryl methyl sites for hydroxylation is 1. The second kappa shape index (κ2) is 7.58. The van der Waals surface area contributed by atoms with E-state index in [2.05, 4.69) is 41.6 Å². The molecule has 4 nitrogen and oxygen atoms in total. The molecule has 2 aromatic rings. The van der Waals surface area contributed by atoms with Gasteiger partial charge in [-0.1, -0.05) is 25.0 Å². The fourth-order valence-corrected chi connectivity index (χ4v) is 3.88. The molecule has 1 aliphatic carbocycles. The highest BCUT2D eigenvalue weighted by Crippen LogP contribution is 2.31. The second-order valence-corrected chi connectivity index (χ2v) is 7.16. The van der Waals surface area contributed by atoms with Crippen molar-refractivity contribution < 1.29 is 4.79 Å². The van der Waals surface area contributed by atoms with E-state index in [0.717, 1.165) is 37.6 Å². The number of nitrogens with two attached hydrogens (primary N) is 1. The highest BCUT2D eigenvalue weighted by molar-refractivity contribution is 5.86. The molecule has 0 bridgehead atoms. The first-order valence-electron chi connectivity index (χ1n) is 8.61. The fraction of sp³-hybridized carbons (Fsp3) is 0.526. The molecule has 1 aromatic heterocycles. The van der Waals surface area contributed by atoms with E-state index in [9.17, 15) is 4.79 Å². The smallest absolute Gasteiger partial charge is 0.224 e. The maximum absolute atomic E-state index is 12.5. The molecule has 1 heterocycles. The molecule has 0 radical (unpaired) electrons. The van der Waals surface area contributed by atoms with Crippen molar-refractivity contribution in [1.29, 1.82) is 0 Å². The summed E-state index contributed by atoms with van der Waals surface area (Å²) in [5.74, 6) is 0.0622. The zero-order chi connectivity index (χ0) is 16.4. The number of hydrogen-bond donors (Lipinski definition) is 3. The van der Waals surface area contributed by atoms with Gasteiger partial charge < -0.3 is 16.0 Å². The summed E-state index contributed by atoms with van der Waals surface area (Å²) in [7, 11) is 0. The number of amides is 1. The Morgan fingerprint density at radius 3 is 2.96 bits per heavy atom. The maximum Gasteiger partial charge on any atom is 0.224 e. The average Bonchev–Trinajstić information content (AvgIpc) is 2.91. The first-order chi connectivity index (χ1) is 11.0. The average molecular weight is 350 g/mol. The molecular formula is C19H28ClN3O. The van der Waals surface area contributed by atoms with Gasteiger partial charge in [-0.25, -0.2) is 0 Å². The first kappa shape index (κ1) is 18.8. The molecule has 132 valence electrons. The molecular weight excluding hydrogens is 322 g/mol. The van der Waals surface area contributed by atoms with Crippen LogP contribution < -0.4 is 11.1 Å². The summed E-state index contributed by atoms with van der Waals surface area (Å²) in [6.45, 7) is 4.80. The predicted molar refractivity (Wildman–Crippen MR) is 102 cm³/mol. The van der Waals surface area contributed by atoms with Crippen LogP contribution in [0, 0.1) is 12.8 Å². The van der Waals surface area contributed by atoms with Crippen molar-refractivity contribution >= 4 is 29.2 Å². The minimum Gasteiger partial charge on any atom is -0.361 e. The van der Waals surface area contributed by atoms with E-state index in [4.69, 9.17) is 5.73 Å². The Kier molecular flexibility index (Phi) is 5.94. The van der Waals surface area contributed by atoms with Gasteiger partial charge in [0.25, 0.3) is 0 Å². The topological polar surface area (TPSA) is 70.9 Å². The number of rotatable bonds is 4. The van der Waals surface area contributed by atoms with Crippen LogP contribution in [-0.4, -0.2) is 23.0 Å². The molecule has 1 aliphatic rings. The molecule has 2 unspecified atom stereocenters. The van der Waals surface area contributed by atoms with Gasteiger partial charge in [-0.05, 0) is 50.3 Å². The summed E-state index contributed by atoms with van der Waals surface area (Å²) >= 11 is 0. The molecule has 2 atom stereocenters. The normalized spacial score (nSPS) is 23.7. The number of H-pyrrole nitrogens is 1. The summed E-state index contributed by atoms with van der Waals surface area (Å²) in [6.07, 6.45) is 6.97. The lowest BCUT2D eigenvalue weighted by Gasteiger charge is -2.37. The number of fused-ring (bicyclic) bond motifs is 1. The minimum atomic E-state index is -0.361. The summed E-state index contributed by atoms with van der Waals surface area (Å²) in [6, 6.07) is 6.28. The van der Waals surface area contributed by atoms with Crippen molar-refractivity contribution in [2.24, 2.45) is 11.7 Å². The van der Waals surface area contributed by atoms with Crippen LogP contribution in [0.3, 0.4) is 0 Å². The van der Waals surface area contributed by atoms with E-state index >= 15 is 0 Å². The Bertz CT molecular complexity index is 708. The largest absolute Gasteiger partial charge is 0.361 e. The van der Waals surface area contributed by atoms with E-state index in [0.29, 0.717) is 6.54 Å². The lowest BCUT2D eigenvalue weighted by molar-refractivity contribution is -0.128. The fourth-order valence-electron chi connectivity index (χ4n) is 3.88. The number of aromatic amines is 1. The van der Waals surface area contributed by atoms with Gasteiger partial charge in [0.05, 0.1) is 5.92 Å². The zero-order valence-electron chi connectivity index (χ0n) is 14.5. The number of halogens is 1. The molecule has 0 aliphatic heterocycles. The van der Waals surface area contributed by atoms with Crippen molar-refractivity contribution in [3.05, 3.63) is 35.5 Å². The summed E-state index contributed by atoms with van der Waals surface area (Å²) < 4.78 is 0. The number of carbonyl (C=O) groups excluding carboxylic acids is 1. The van der Waals surface area contributed by atoms with Crippen molar-refractivity contribution in [2.75, 3.05) is 6.54 Å². The van der Waals surface area contributed by atoms with Crippen molar-refractivity contribution in [3.8, 4) is 0 Å². The zero-order valence-corrected chi connectivity index (χ0v) is 15.3. The molecule has 1 fully saturated rings. The predicted octanol–water partition coefficient (Wildman–Crippen LogP) is 3.46. The van der Waals surface area contributed by atoms with Crippen LogP contribution in [0.4, 0.5) is 0 Å². The van der Waals surface area contributed by atoms with Gasteiger partial charge in [0, 0.05) is 29.2 Å². The standard InChI is InChI=1S/C19H27N3O.ClH/c1-13-6-5-8-16-17(13)14(12-22-16)9-11-21-18(23)15-7-3-4-10-19(15,2)20;/h5-6,8,12,15,22H,3-4,7,9-11,20H2,1-2H3,(H,21,23);1H. The third kappa shape index (κ3) is 3.76. The van der Waals surface area contributed by atoms with E-state index in [1.807, 2.05) is 6.92 Å². The highest BCUT2D eigenvalue weighted by atomic mass is 35.5. The Labute approximate surface area is 150 Å². The van der Waals surface area contributed by atoms with Crippen LogP contribution in [0.5, 0.6) is 0 Å². The Morgan fingerprint density at radius 2 is 2.21 bits per heavy atom. The van der Waals surface area contributed by atoms with Crippen LogP contribution in [0.1, 0.15) is 43.7 Å². The molecule has 1 amide bonds. The molecule has 4 N–H and O–H groups in total. The van der Waals surface area contributed by atoms with E-state index in [-0.39, 0.29) is 29.8 Å². The van der Waals surface area contributed by atoms with Crippen LogP contribution in [-0.2, 0) is 11.2 Å². The van der Waals surface area contributed by atoms with Gasteiger partial charge in [0.1, 0.15) is 0 Å². The maximum atomic E-state index is 12.5. The van der Waals surface area contributed by atoms with Crippen molar-refractivity contribution in [1.82, 2.24) is 10.3 Å². The first-order valence-corrected chi connectivity index (χ1v) is 8.61. The molecule has 0 spiro atoms. The number of aromatic nitrogens is 1. The van der Waals surface area contributed by atoms with Crippen LogP contribution >= 0.6 is 12.4 Å². The Morgan fingerprint density at radius 1 is 1.42 bits per heavy atom. The third-order valence-corrected chi connectivity index (χ3v) is 5.26. The summed E-state index contributed by atoms with van der Waals surface area (Å²) in [4.78, 5) is 15.8. The van der Waals surface area contributed by atoms with Crippen LogP contribution in [0.15, 0.2) is 24.4 Å². The van der Waals surface area contributed by atoms with Gasteiger partial charge in [0.2, 0.25) is 5.91 Å². The van der Waals surface area contributed by atoms with Gasteiger partial charge in [-0.3, -0.25) is 4.79 Å². The van der Waals surface area contributed by atoms with E-state index in [1.165, 1.54) is 16.5 Å². The number of carbonyl (C=O) groups is 1. The molecule has 24 heavy (non-hydrogen) atoms. The molecule has 1 aromatic carbocycles. The number of nitrogens with one attached hydrogen (secondary N) is 2. The Balaban J connectivity index is 0.00000208. The monoisotopic (exact) mass is 349 g/mol. The Hall–Kier alpha value is -1.52. The van der Waals surface area contributed by atoms with Gasteiger partial charge in [-0.2, -0.15) is 0 Å². The summed E-state index contributed by atoms with van der Waals surface area (Å²) in [5, 5.41) is 4.38. The van der Waals surface area contributed by atoms with E-state index in [1.54, 1.807) is 0 Å². The van der Waals surface area contributed by atoms with E-state index < -0.39 is 0 Å². The molecule has 5 heteroatoms. The van der Waals surface area contributed by atoms with Crippen molar-refractivity contribution in [3.63, 3.8) is 0 Å². The van der Waals surface area contributed by atoms with Gasteiger partial charge >= 0.3 is 0 Å². The summed E-state index contributed by atoms with van der Waals surface area (Å²) in [5.41, 5.74) is 9.65. The molecule has 0 saturated heterocycles. The second-order valence-electron chi connectivity index (χ2n) is 7.16. The SMILES string of the molecule is Cc1cccc2[nH]cc(CCNC(=O)C3CCCCC3(C)N)c12.Cl. The minimum absolute atomic E-state index is 0. The van der Waals surface area contributed by atoms with Gasteiger partial charge in [0.15, 0.2) is 0 Å². The van der Waals surface area contributed by atoms with Crippen LogP contribution in [0.2, 0.25) is 0 Å². The number of benzene rings is 1. The third-order valence-electron chi connectivity index (χ3n) is 5.26. The molecule has 3 rings (SSSR count). The highest BCUT2D eigenvalue weighted by Gasteiger charge is 2.37. The lowest BCUT2D eigenvalue weighted by atomic mass is 9.74. The quantitative estimate of drug-likeness (QED) is 0.791. The molecule has 1 saturated carbocycles. The lowest BCUT2D eigenvalue weighted by Crippen LogP contribution is -2.53. The number of hydrogen-bond acceptors (Lipinski definition) is 2. The van der Waals surface area contributed by atoms with Crippen molar-refractivity contribution in [2.45, 2.75) is 51.5 Å². The van der Waals surface area contributed by atoms with Crippen LogP contribution in [0.25, 0.3) is 10.9 Å².